The zero-order chi connectivity index (χ0) is 23.9. The number of ether oxygens (including phenoxy) is 2. The predicted octanol–water partition coefficient (Wildman–Crippen LogP) is 5.31. The van der Waals surface area contributed by atoms with Gasteiger partial charge >= 0.3 is 5.97 Å². The monoisotopic (exact) mass is 519 g/mol. The van der Waals surface area contributed by atoms with Gasteiger partial charge < -0.3 is 14.8 Å². The topological polar surface area (TPSA) is 82.5 Å². The quantitative estimate of drug-likeness (QED) is 0.319. The van der Waals surface area contributed by atoms with Gasteiger partial charge in [0.2, 0.25) is 0 Å². The second-order valence-electron chi connectivity index (χ2n) is 7.45. The van der Waals surface area contributed by atoms with Crippen LogP contribution in [0.1, 0.15) is 31.8 Å². The fourth-order valence-corrected chi connectivity index (χ4v) is 3.78. The van der Waals surface area contributed by atoms with E-state index in [0.717, 1.165) is 21.3 Å². The zero-order valence-corrected chi connectivity index (χ0v) is 20.0. The van der Waals surface area contributed by atoms with Gasteiger partial charge in [-0.1, -0.05) is 42.5 Å². The molecule has 7 nitrogen and oxygen atoms in total. The van der Waals surface area contributed by atoms with Gasteiger partial charge in [0.05, 0.1) is 35.6 Å². The molecule has 1 heterocycles. The summed E-state index contributed by atoms with van der Waals surface area (Å²) < 4.78 is 13.2. The normalized spacial score (nSPS) is 10.5. The Labute approximate surface area is 205 Å². The van der Waals surface area contributed by atoms with Gasteiger partial charge in [-0.05, 0) is 57.4 Å². The van der Waals surface area contributed by atoms with Crippen molar-refractivity contribution in [3.63, 3.8) is 0 Å². The van der Waals surface area contributed by atoms with Crippen LogP contribution in [0.4, 0.5) is 5.69 Å². The number of nitrogens with one attached hydrogen (secondary N) is 1. The largest absolute Gasteiger partial charge is 0.488 e. The number of aromatic nitrogens is 2. The molecule has 8 heteroatoms. The molecule has 0 aliphatic carbocycles. The molecule has 4 rings (SSSR count). The fraction of sp³-hybridized carbons (Fsp3) is 0.115. The SMILES string of the molecule is COC(=O)c1ccccc1Cn1cc(NC(=O)c2cccc(COc3ccccc3Br)c2)cn1. The summed E-state index contributed by atoms with van der Waals surface area (Å²) in [6, 6.07) is 22.1. The molecule has 1 amide bonds. The summed E-state index contributed by atoms with van der Waals surface area (Å²) in [4.78, 5) is 24.8. The van der Waals surface area contributed by atoms with Gasteiger partial charge in [0.1, 0.15) is 12.4 Å². The number of methoxy groups -OCH3 is 1. The molecule has 3 aromatic carbocycles. The Balaban J connectivity index is 1.40. The van der Waals surface area contributed by atoms with Crippen LogP contribution in [0.25, 0.3) is 0 Å². The van der Waals surface area contributed by atoms with Crippen LogP contribution in [0.2, 0.25) is 0 Å². The van der Waals surface area contributed by atoms with Gasteiger partial charge in [-0.25, -0.2) is 4.79 Å². The number of benzene rings is 3. The molecule has 0 bridgehead atoms. The van der Waals surface area contributed by atoms with E-state index in [4.69, 9.17) is 9.47 Å². The average Bonchev–Trinajstić information content (AvgIpc) is 3.30. The highest BCUT2D eigenvalue weighted by atomic mass is 79.9. The number of hydrogen-bond acceptors (Lipinski definition) is 5. The zero-order valence-electron chi connectivity index (χ0n) is 18.4. The van der Waals surface area contributed by atoms with Crippen molar-refractivity contribution in [1.29, 1.82) is 0 Å². The molecular weight excluding hydrogens is 498 g/mol. The molecular formula is C26H22BrN3O4. The van der Waals surface area contributed by atoms with Gasteiger partial charge in [0.15, 0.2) is 0 Å². The van der Waals surface area contributed by atoms with Crippen LogP contribution < -0.4 is 10.1 Å². The van der Waals surface area contributed by atoms with Crippen molar-refractivity contribution in [2.75, 3.05) is 12.4 Å². The van der Waals surface area contributed by atoms with E-state index in [0.29, 0.717) is 30.0 Å². The molecule has 0 spiro atoms. The fourth-order valence-electron chi connectivity index (χ4n) is 3.38. The molecule has 172 valence electrons. The summed E-state index contributed by atoms with van der Waals surface area (Å²) in [6.45, 7) is 0.699. The third kappa shape index (κ3) is 5.71. The van der Waals surface area contributed by atoms with Crippen LogP contribution in [0.15, 0.2) is 89.7 Å². The maximum atomic E-state index is 12.8. The number of para-hydroxylation sites is 1. The van der Waals surface area contributed by atoms with E-state index >= 15 is 0 Å². The Hall–Kier alpha value is -3.91. The van der Waals surface area contributed by atoms with Gasteiger partial charge in [0, 0.05) is 11.8 Å². The highest BCUT2D eigenvalue weighted by Crippen LogP contribution is 2.25. The molecule has 0 saturated carbocycles. The molecule has 0 aliphatic rings. The summed E-state index contributed by atoms with van der Waals surface area (Å²) in [6.07, 6.45) is 3.28. The van der Waals surface area contributed by atoms with Crippen molar-refractivity contribution in [3.05, 3.63) is 112 Å². The standard InChI is InChI=1S/C26H22BrN3O4/c1-33-26(32)22-10-3-2-8-20(22)15-30-16-21(14-28-30)29-25(31)19-9-6-7-18(13-19)17-34-24-12-5-4-11-23(24)27/h2-14,16H,15,17H2,1H3,(H,29,31). The Bertz CT molecular complexity index is 1320. The summed E-state index contributed by atoms with van der Waals surface area (Å²) in [5.74, 6) is 0.0792. The lowest BCUT2D eigenvalue weighted by atomic mass is 10.1. The van der Waals surface area contributed by atoms with Crippen molar-refractivity contribution in [1.82, 2.24) is 9.78 Å². The lowest BCUT2D eigenvalue weighted by Crippen LogP contribution is -2.12. The molecule has 34 heavy (non-hydrogen) atoms. The summed E-state index contributed by atoms with van der Waals surface area (Å²) >= 11 is 3.46. The van der Waals surface area contributed by atoms with E-state index in [1.165, 1.54) is 7.11 Å². The first-order valence-electron chi connectivity index (χ1n) is 10.5. The molecule has 1 aromatic heterocycles. The van der Waals surface area contributed by atoms with Crippen LogP contribution in [0, 0.1) is 0 Å². The molecule has 4 aromatic rings. The molecule has 1 N–H and O–H groups in total. The van der Waals surface area contributed by atoms with E-state index < -0.39 is 5.97 Å². The van der Waals surface area contributed by atoms with Gasteiger partial charge in [-0.2, -0.15) is 5.10 Å². The number of rotatable bonds is 8. The maximum absolute atomic E-state index is 12.8. The molecule has 0 aliphatic heterocycles. The third-order valence-corrected chi connectivity index (χ3v) is 5.72. The van der Waals surface area contributed by atoms with E-state index in [2.05, 4.69) is 26.3 Å². The first kappa shape index (κ1) is 23.3. The summed E-state index contributed by atoms with van der Waals surface area (Å²) in [5.41, 5.74) is 3.19. The van der Waals surface area contributed by atoms with Gasteiger partial charge in [0.25, 0.3) is 5.91 Å². The highest BCUT2D eigenvalue weighted by Gasteiger charge is 2.13. The van der Waals surface area contributed by atoms with E-state index in [-0.39, 0.29) is 5.91 Å². The summed E-state index contributed by atoms with van der Waals surface area (Å²) in [7, 11) is 1.35. The minimum atomic E-state index is -0.403. The van der Waals surface area contributed by atoms with Crippen molar-refractivity contribution in [3.8, 4) is 5.75 Å². The molecule has 0 fully saturated rings. The Morgan fingerprint density at radius 3 is 2.65 bits per heavy atom. The number of esters is 1. The van der Waals surface area contributed by atoms with Crippen molar-refractivity contribution >= 4 is 33.5 Å². The van der Waals surface area contributed by atoms with Crippen LogP contribution in [0.5, 0.6) is 5.75 Å². The molecule has 0 saturated heterocycles. The number of nitrogens with zero attached hydrogens (tertiary/aromatic N) is 2. The second kappa shape index (κ2) is 10.8. The smallest absolute Gasteiger partial charge is 0.338 e. The third-order valence-electron chi connectivity index (χ3n) is 5.07. The minimum Gasteiger partial charge on any atom is -0.488 e. The van der Waals surface area contributed by atoms with Crippen LogP contribution in [0.3, 0.4) is 0 Å². The van der Waals surface area contributed by atoms with E-state index in [1.807, 2.05) is 48.5 Å². The molecule has 0 radical (unpaired) electrons. The van der Waals surface area contributed by atoms with Crippen LogP contribution in [-0.4, -0.2) is 28.8 Å². The van der Waals surface area contributed by atoms with E-state index in [9.17, 15) is 9.59 Å². The first-order valence-corrected chi connectivity index (χ1v) is 11.3. The summed E-state index contributed by atoms with van der Waals surface area (Å²) in [5, 5.41) is 7.16. The van der Waals surface area contributed by atoms with Crippen molar-refractivity contribution < 1.29 is 19.1 Å². The number of hydrogen-bond donors (Lipinski definition) is 1. The Kier molecular flexibility index (Phi) is 7.39. The Morgan fingerprint density at radius 1 is 1.03 bits per heavy atom. The van der Waals surface area contributed by atoms with Crippen molar-refractivity contribution in [2.45, 2.75) is 13.2 Å². The molecule has 0 unspecified atom stereocenters. The predicted molar refractivity (Wildman–Crippen MR) is 132 cm³/mol. The minimum absolute atomic E-state index is 0.253. The van der Waals surface area contributed by atoms with E-state index in [1.54, 1.807) is 41.3 Å². The first-order chi connectivity index (χ1) is 16.5. The lowest BCUT2D eigenvalue weighted by Gasteiger charge is -2.09. The number of carbonyl (C=O) groups is 2. The number of amides is 1. The van der Waals surface area contributed by atoms with Crippen LogP contribution >= 0.6 is 15.9 Å². The van der Waals surface area contributed by atoms with Gasteiger partial charge in [-0.15, -0.1) is 0 Å². The highest BCUT2D eigenvalue weighted by molar-refractivity contribution is 9.10. The number of halogens is 1. The Morgan fingerprint density at radius 2 is 1.82 bits per heavy atom. The van der Waals surface area contributed by atoms with Crippen molar-refractivity contribution in [2.24, 2.45) is 0 Å². The average molecular weight is 520 g/mol. The number of anilines is 1. The number of carbonyl (C=O) groups excluding carboxylic acids is 2. The van der Waals surface area contributed by atoms with Gasteiger partial charge in [-0.3, -0.25) is 9.48 Å². The lowest BCUT2D eigenvalue weighted by molar-refractivity contribution is 0.0599. The maximum Gasteiger partial charge on any atom is 0.338 e. The second-order valence-corrected chi connectivity index (χ2v) is 8.30. The van der Waals surface area contributed by atoms with Crippen LogP contribution in [-0.2, 0) is 17.9 Å². The molecule has 0 atom stereocenters.